The summed E-state index contributed by atoms with van der Waals surface area (Å²) in [5.74, 6) is 0.767. The Balaban J connectivity index is 1.85. The third-order valence-electron chi connectivity index (χ3n) is 3.27. The first-order chi connectivity index (χ1) is 8.34. The maximum atomic E-state index is 4.50. The predicted molar refractivity (Wildman–Crippen MR) is 64.2 cm³/mol. The molecule has 3 heterocycles. The summed E-state index contributed by atoms with van der Waals surface area (Å²) in [6.45, 7) is 1.15. The van der Waals surface area contributed by atoms with Gasteiger partial charge < -0.3 is 4.98 Å². The molecule has 2 aromatic rings. The first-order valence-corrected chi connectivity index (χ1v) is 5.86. The van der Waals surface area contributed by atoms with Crippen LogP contribution in [0.15, 0.2) is 24.8 Å². The fourth-order valence-electron chi connectivity index (χ4n) is 2.32. The number of aromatic amines is 1. The fourth-order valence-corrected chi connectivity index (χ4v) is 2.32. The molecule has 0 amide bonds. The maximum absolute atomic E-state index is 4.50. The lowest BCUT2D eigenvalue weighted by Crippen LogP contribution is -2.18. The van der Waals surface area contributed by atoms with E-state index in [0.717, 1.165) is 23.8 Å². The molecule has 1 N–H and O–H groups in total. The van der Waals surface area contributed by atoms with Crippen LogP contribution >= 0.6 is 0 Å². The Labute approximate surface area is 99.9 Å². The van der Waals surface area contributed by atoms with Crippen molar-refractivity contribution in [3.05, 3.63) is 30.5 Å². The van der Waals surface area contributed by atoms with Gasteiger partial charge in [0.25, 0.3) is 0 Å². The van der Waals surface area contributed by atoms with E-state index in [1.807, 2.05) is 6.20 Å². The molecule has 0 bridgehead atoms. The summed E-state index contributed by atoms with van der Waals surface area (Å²) in [5, 5.41) is 0. The minimum Gasteiger partial charge on any atom is -0.343 e. The topological polar surface area (TPSA) is 57.7 Å². The molecule has 3 rings (SSSR count). The normalized spacial score (nSPS) is 20.9. The zero-order valence-corrected chi connectivity index (χ0v) is 9.80. The van der Waals surface area contributed by atoms with Crippen LogP contribution in [0, 0.1) is 0 Å². The van der Waals surface area contributed by atoms with Crippen LogP contribution in [0.3, 0.4) is 0 Å². The summed E-state index contributed by atoms with van der Waals surface area (Å²) in [4.78, 5) is 18.4. The van der Waals surface area contributed by atoms with Gasteiger partial charge in [0, 0.05) is 12.4 Å². The van der Waals surface area contributed by atoms with Gasteiger partial charge in [0.15, 0.2) is 5.82 Å². The molecule has 1 aliphatic rings. The van der Waals surface area contributed by atoms with Gasteiger partial charge in [-0.05, 0) is 26.4 Å². The Kier molecular flexibility index (Phi) is 2.60. The Morgan fingerprint density at radius 1 is 1.29 bits per heavy atom. The molecule has 1 fully saturated rings. The molecule has 0 unspecified atom stereocenters. The molecule has 2 aromatic heterocycles. The number of hydrogen-bond acceptors (Lipinski definition) is 4. The highest BCUT2D eigenvalue weighted by Gasteiger charge is 2.23. The van der Waals surface area contributed by atoms with Gasteiger partial charge in [-0.1, -0.05) is 0 Å². The summed E-state index contributed by atoms with van der Waals surface area (Å²) < 4.78 is 0. The van der Waals surface area contributed by atoms with Crippen molar-refractivity contribution in [1.29, 1.82) is 0 Å². The average Bonchev–Trinajstić information content (AvgIpc) is 3.00. The molecule has 88 valence electrons. The molecule has 5 heteroatoms. The second-order valence-corrected chi connectivity index (χ2v) is 4.40. The first kappa shape index (κ1) is 10.4. The van der Waals surface area contributed by atoms with E-state index in [0.29, 0.717) is 6.04 Å². The smallest absolute Gasteiger partial charge is 0.157 e. The average molecular weight is 229 g/mol. The summed E-state index contributed by atoms with van der Waals surface area (Å²) in [5.41, 5.74) is 1.85. The zero-order valence-electron chi connectivity index (χ0n) is 9.80. The summed E-state index contributed by atoms with van der Waals surface area (Å²) in [7, 11) is 2.14. The molecule has 0 aliphatic carbocycles. The second-order valence-electron chi connectivity index (χ2n) is 4.40. The molecule has 0 saturated carbocycles. The number of nitrogens with one attached hydrogen (secondary N) is 1. The number of H-pyrrole nitrogens is 1. The Morgan fingerprint density at radius 3 is 2.82 bits per heavy atom. The van der Waals surface area contributed by atoms with Crippen molar-refractivity contribution in [1.82, 2.24) is 24.8 Å². The Hall–Kier alpha value is -1.75. The molecule has 0 radical (unpaired) electrons. The molecule has 1 aliphatic heterocycles. The van der Waals surface area contributed by atoms with Gasteiger partial charge in [0.1, 0.15) is 5.69 Å². The lowest BCUT2D eigenvalue weighted by Gasteiger charge is -2.18. The second kappa shape index (κ2) is 4.25. The summed E-state index contributed by atoms with van der Waals surface area (Å²) >= 11 is 0. The maximum Gasteiger partial charge on any atom is 0.157 e. The van der Waals surface area contributed by atoms with Crippen LogP contribution in [0.25, 0.3) is 11.5 Å². The Morgan fingerprint density at radius 2 is 2.24 bits per heavy atom. The summed E-state index contributed by atoms with van der Waals surface area (Å²) in [6.07, 6.45) is 9.57. The number of aromatic nitrogens is 4. The quantitative estimate of drug-likeness (QED) is 0.850. The third-order valence-corrected chi connectivity index (χ3v) is 3.27. The van der Waals surface area contributed by atoms with Crippen molar-refractivity contribution in [2.75, 3.05) is 13.6 Å². The van der Waals surface area contributed by atoms with E-state index in [9.17, 15) is 0 Å². The lowest BCUT2D eigenvalue weighted by molar-refractivity contribution is 0.311. The van der Waals surface area contributed by atoms with Gasteiger partial charge in [0.2, 0.25) is 0 Å². The minimum absolute atomic E-state index is 0.424. The van der Waals surface area contributed by atoms with Crippen LogP contribution in [0.1, 0.15) is 24.6 Å². The Bertz CT molecular complexity index is 476. The van der Waals surface area contributed by atoms with Crippen LogP contribution in [-0.2, 0) is 0 Å². The number of likely N-dealkylation sites (tertiary alicyclic amines) is 1. The zero-order chi connectivity index (χ0) is 11.7. The van der Waals surface area contributed by atoms with E-state index < -0.39 is 0 Å². The summed E-state index contributed by atoms with van der Waals surface area (Å²) in [6, 6.07) is 0.424. The molecule has 0 aromatic carbocycles. The van der Waals surface area contributed by atoms with Crippen LogP contribution in [0.4, 0.5) is 0 Å². The van der Waals surface area contributed by atoms with E-state index in [4.69, 9.17) is 0 Å². The van der Waals surface area contributed by atoms with Crippen molar-refractivity contribution in [2.24, 2.45) is 0 Å². The third kappa shape index (κ3) is 1.93. The largest absolute Gasteiger partial charge is 0.343 e. The van der Waals surface area contributed by atoms with Crippen molar-refractivity contribution >= 4 is 0 Å². The predicted octanol–water partition coefficient (Wildman–Crippen LogP) is 1.63. The molecule has 1 atom stereocenters. The number of hydrogen-bond donors (Lipinski definition) is 1. The van der Waals surface area contributed by atoms with Gasteiger partial charge in [-0.25, -0.2) is 9.97 Å². The van der Waals surface area contributed by atoms with Gasteiger partial charge in [0.05, 0.1) is 24.1 Å². The van der Waals surface area contributed by atoms with Gasteiger partial charge in [-0.3, -0.25) is 9.88 Å². The van der Waals surface area contributed by atoms with E-state index >= 15 is 0 Å². The molecule has 0 spiro atoms. The van der Waals surface area contributed by atoms with E-state index in [1.54, 1.807) is 18.6 Å². The molecule has 1 saturated heterocycles. The molecule has 17 heavy (non-hydrogen) atoms. The van der Waals surface area contributed by atoms with Crippen LogP contribution in [0.2, 0.25) is 0 Å². The molecular weight excluding hydrogens is 214 g/mol. The fraction of sp³-hybridized carbons (Fsp3) is 0.417. The van der Waals surface area contributed by atoms with Crippen LogP contribution < -0.4 is 0 Å². The molecular formula is C12H15N5. The van der Waals surface area contributed by atoms with E-state index in [2.05, 4.69) is 31.9 Å². The highest BCUT2D eigenvalue weighted by molar-refractivity contribution is 5.46. The van der Waals surface area contributed by atoms with Gasteiger partial charge in [-0.15, -0.1) is 0 Å². The van der Waals surface area contributed by atoms with E-state index in [1.165, 1.54) is 12.8 Å². The minimum atomic E-state index is 0.424. The van der Waals surface area contributed by atoms with Gasteiger partial charge in [-0.2, -0.15) is 0 Å². The highest BCUT2D eigenvalue weighted by Crippen LogP contribution is 2.28. The van der Waals surface area contributed by atoms with Crippen LogP contribution in [-0.4, -0.2) is 38.4 Å². The van der Waals surface area contributed by atoms with Crippen LogP contribution in [0.5, 0.6) is 0 Å². The highest BCUT2D eigenvalue weighted by atomic mass is 15.2. The van der Waals surface area contributed by atoms with Gasteiger partial charge >= 0.3 is 0 Å². The molecule has 5 nitrogen and oxygen atoms in total. The van der Waals surface area contributed by atoms with Crippen molar-refractivity contribution in [2.45, 2.75) is 18.9 Å². The number of imidazole rings is 1. The van der Waals surface area contributed by atoms with Crippen molar-refractivity contribution < 1.29 is 0 Å². The lowest BCUT2D eigenvalue weighted by atomic mass is 10.1. The van der Waals surface area contributed by atoms with Crippen molar-refractivity contribution in [3.8, 4) is 11.5 Å². The number of nitrogens with zero attached hydrogens (tertiary/aromatic N) is 4. The standard InChI is InChI=1S/C12H15N5/c1-17-6-2-3-11(17)9-7-16-10(8-15-9)12-13-4-5-14-12/h4-5,7-8,11H,2-3,6H2,1H3,(H,13,14)/t11-/m0/s1. The SMILES string of the molecule is CN1CCC[C@H]1c1cnc(-c2ncc[nH]2)cn1. The van der Waals surface area contributed by atoms with Crippen molar-refractivity contribution in [3.63, 3.8) is 0 Å². The first-order valence-electron chi connectivity index (χ1n) is 5.86. The monoisotopic (exact) mass is 229 g/mol. The number of rotatable bonds is 2. The van der Waals surface area contributed by atoms with E-state index in [-0.39, 0.29) is 0 Å².